The summed E-state index contributed by atoms with van der Waals surface area (Å²) in [7, 11) is 0. The number of hydrogen-bond donors (Lipinski definition) is 1. The van der Waals surface area contributed by atoms with E-state index in [2.05, 4.69) is 4.98 Å². The molecule has 0 aliphatic rings. The fourth-order valence-electron chi connectivity index (χ4n) is 2.19. The standard InChI is InChI=1S/C15H17NO2/c1-4-11-14(13(17)5-2)15(18)10-8-9(3)6-7-12(10)16-11/h6-8H,4-5H2,1-3H3,(H,16,18). The summed E-state index contributed by atoms with van der Waals surface area (Å²) in [6.07, 6.45) is 1.01. The lowest BCUT2D eigenvalue weighted by Crippen LogP contribution is -2.19. The van der Waals surface area contributed by atoms with E-state index in [-0.39, 0.29) is 11.2 Å². The van der Waals surface area contributed by atoms with Crippen molar-refractivity contribution in [2.75, 3.05) is 0 Å². The summed E-state index contributed by atoms with van der Waals surface area (Å²) < 4.78 is 0. The maximum absolute atomic E-state index is 12.4. The number of aromatic nitrogens is 1. The smallest absolute Gasteiger partial charge is 0.200 e. The van der Waals surface area contributed by atoms with Crippen LogP contribution in [0.1, 0.15) is 41.9 Å². The third-order valence-electron chi connectivity index (χ3n) is 3.19. The summed E-state index contributed by atoms with van der Waals surface area (Å²) in [5, 5.41) is 0.601. The Morgan fingerprint density at radius 3 is 2.61 bits per heavy atom. The summed E-state index contributed by atoms with van der Waals surface area (Å²) in [4.78, 5) is 27.6. The minimum absolute atomic E-state index is 0.0866. The van der Waals surface area contributed by atoms with Crippen molar-refractivity contribution in [3.8, 4) is 0 Å². The quantitative estimate of drug-likeness (QED) is 0.842. The first-order valence-corrected chi connectivity index (χ1v) is 6.27. The molecule has 0 saturated heterocycles. The van der Waals surface area contributed by atoms with Gasteiger partial charge >= 0.3 is 0 Å². The van der Waals surface area contributed by atoms with Crippen LogP contribution in [0.5, 0.6) is 0 Å². The van der Waals surface area contributed by atoms with Crippen LogP contribution in [0, 0.1) is 6.92 Å². The lowest BCUT2D eigenvalue weighted by atomic mass is 10.0. The van der Waals surface area contributed by atoms with Gasteiger partial charge in [0.15, 0.2) is 11.2 Å². The van der Waals surface area contributed by atoms with Crippen LogP contribution in [0.4, 0.5) is 0 Å². The van der Waals surface area contributed by atoms with E-state index in [1.54, 1.807) is 6.92 Å². The SMILES string of the molecule is CCC(=O)c1c(CC)[nH]c2ccc(C)cc2c1=O. The summed E-state index contributed by atoms with van der Waals surface area (Å²) >= 11 is 0. The number of pyridine rings is 1. The molecule has 0 bridgehead atoms. The van der Waals surface area contributed by atoms with Crippen molar-refractivity contribution in [1.82, 2.24) is 4.98 Å². The Kier molecular flexibility index (Phi) is 3.32. The first kappa shape index (κ1) is 12.6. The van der Waals surface area contributed by atoms with Crippen molar-refractivity contribution in [3.63, 3.8) is 0 Å². The van der Waals surface area contributed by atoms with Gasteiger partial charge in [0.05, 0.1) is 5.56 Å². The molecule has 0 spiro atoms. The molecule has 1 N–H and O–H groups in total. The van der Waals surface area contributed by atoms with Crippen molar-refractivity contribution in [2.24, 2.45) is 0 Å². The number of rotatable bonds is 3. The molecule has 94 valence electrons. The molecular weight excluding hydrogens is 226 g/mol. The minimum Gasteiger partial charge on any atom is -0.358 e. The fourth-order valence-corrected chi connectivity index (χ4v) is 2.19. The zero-order valence-corrected chi connectivity index (χ0v) is 11.0. The second-order valence-corrected chi connectivity index (χ2v) is 4.49. The Bertz CT molecular complexity index is 668. The van der Waals surface area contributed by atoms with Gasteiger partial charge in [-0.3, -0.25) is 9.59 Å². The number of nitrogens with one attached hydrogen (secondary N) is 1. The second kappa shape index (κ2) is 4.77. The second-order valence-electron chi connectivity index (χ2n) is 4.49. The van der Waals surface area contributed by atoms with Gasteiger partial charge in [-0.2, -0.15) is 0 Å². The van der Waals surface area contributed by atoms with Gasteiger partial charge in [0.25, 0.3) is 0 Å². The molecule has 0 aliphatic heterocycles. The van der Waals surface area contributed by atoms with Gasteiger partial charge in [-0.05, 0) is 25.5 Å². The van der Waals surface area contributed by atoms with Gasteiger partial charge in [0.1, 0.15) is 0 Å². The first-order valence-electron chi connectivity index (χ1n) is 6.27. The highest BCUT2D eigenvalue weighted by atomic mass is 16.1. The number of carbonyl (C=O) groups is 1. The van der Waals surface area contributed by atoms with Gasteiger partial charge in [0.2, 0.25) is 0 Å². The van der Waals surface area contributed by atoms with E-state index < -0.39 is 0 Å². The average molecular weight is 243 g/mol. The van der Waals surface area contributed by atoms with E-state index in [4.69, 9.17) is 0 Å². The van der Waals surface area contributed by atoms with Crippen molar-refractivity contribution >= 4 is 16.7 Å². The molecule has 2 aromatic rings. The normalized spacial score (nSPS) is 10.8. The largest absolute Gasteiger partial charge is 0.358 e. The molecule has 0 saturated carbocycles. The molecule has 0 radical (unpaired) electrons. The Morgan fingerprint density at radius 1 is 1.28 bits per heavy atom. The van der Waals surface area contributed by atoms with E-state index in [0.717, 1.165) is 16.8 Å². The molecule has 3 nitrogen and oxygen atoms in total. The number of hydrogen-bond acceptors (Lipinski definition) is 2. The van der Waals surface area contributed by atoms with E-state index in [1.165, 1.54) is 0 Å². The molecule has 0 atom stereocenters. The maximum Gasteiger partial charge on any atom is 0.200 e. The van der Waals surface area contributed by atoms with Crippen LogP contribution >= 0.6 is 0 Å². The molecule has 0 fully saturated rings. The molecule has 1 heterocycles. The minimum atomic E-state index is -0.142. The fraction of sp³-hybridized carbons (Fsp3) is 0.333. The van der Waals surface area contributed by atoms with Gasteiger partial charge in [-0.25, -0.2) is 0 Å². The zero-order chi connectivity index (χ0) is 13.3. The van der Waals surface area contributed by atoms with E-state index in [1.807, 2.05) is 32.0 Å². The van der Waals surface area contributed by atoms with Crippen molar-refractivity contribution < 1.29 is 4.79 Å². The highest BCUT2D eigenvalue weighted by Crippen LogP contribution is 2.15. The highest BCUT2D eigenvalue weighted by Gasteiger charge is 2.16. The molecule has 1 aromatic heterocycles. The predicted octanol–water partition coefficient (Wildman–Crippen LogP) is 2.99. The lowest BCUT2D eigenvalue weighted by Gasteiger charge is -2.08. The molecule has 0 unspecified atom stereocenters. The van der Waals surface area contributed by atoms with E-state index >= 15 is 0 Å². The predicted molar refractivity (Wildman–Crippen MR) is 73.3 cm³/mol. The first-order chi connectivity index (χ1) is 8.58. The summed E-state index contributed by atoms with van der Waals surface area (Å²) in [6.45, 7) is 5.66. The van der Waals surface area contributed by atoms with Gasteiger partial charge in [-0.15, -0.1) is 0 Å². The van der Waals surface area contributed by atoms with Gasteiger partial charge < -0.3 is 4.98 Å². The molecule has 0 amide bonds. The molecule has 2 rings (SSSR count). The Hall–Kier alpha value is -1.90. The van der Waals surface area contributed by atoms with E-state index in [0.29, 0.717) is 23.8 Å². The van der Waals surface area contributed by atoms with Gasteiger partial charge in [0, 0.05) is 23.0 Å². The molecule has 0 aliphatic carbocycles. The monoisotopic (exact) mass is 243 g/mol. The maximum atomic E-state index is 12.4. The average Bonchev–Trinajstić information content (AvgIpc) is 2.38. The van der Waals surface area contributed by atoms with Crippen LogP contribution in [0.2, 0.25) is 0 Å². The Morgan fingerprint density at radius 2 is 2.00 bits per heavy atom. The molecule has 18 heavy (non-hydrogen) atoms. The van der Waals surface area contributed by atoms with Crippen molar-refractivity contribution in [2.45, 2.75) is 33.6 Å². The number of H-pyrrole nitrogens is 1. The highest BCUT2D eigenvalue weighted by molar-refractivity contribution is 5.99. The van der Waals surface area contributed by atoms with Crippen LogP contribution in [0.15, 0.2) is 23.0 Å². The third-order valence-corrected chi connectivity index (χ3v) is 3.19. The number of Topliss-reactive ketones (excluding diaryl/α,β-unsaturated/α-hetero) is 1. The number of fused-ring (bicyclic) bond motifs is 1. The number of aryl methyl sites for hydroxylation is 2. The summed E-state index contributed by atoms with van der Waals surface area (Å²) in [5.74, 6) is -0.0866. The van der Waals surface area contributed by atoms with E-state index in [9.17, 15) is 9.59 Å². The van der Waals surface area contributed by atoms with Crippen LogP contribution in [0.25, 0.3) is 10.9 Å². The van der Waals surface area contributed by atoms with Gasteiger partial charge in [-0.1, -0.05) is 25.5 Å². The van der Waals surface area contributed by atoms with Crippen LogP contribution in [-0.2, 0) is 6.42 Å². The molecular formula is C15H17NO2. The zero-order valence-electron chi connectivity index (χ0n) is 11.0. The Balaban J connectivity index is 2.88. The molecule has 1 aromatic carbocycles. The Labute approximate surface area is 106 Å². The van der Waals surface area contributed by atoms with Crippen LogP contribution in [0.3, 0.4) is 0 Å². The number of ketones is 1. The lowest BCUT2D eigenvalue weighted by molar-refractivity contribution is 0.0986. The van der Waals surface area contributed by atoms with Crippen LogP contribution in [-0.4, -0.2) is 10.8 Å². The summed E-state index contributed by atoms with van der Waals surface area (Å²) in [5.41, 5.74) is 2.75. The topological polar surface area (TPSA) is 49.9 Å². The molecule has 3 heteroatoms. The van der Waals surface area contributed by atoms with Crippen molar-refractivity contribution in [1.29, 1.82) is 0 Å². The number of benzene rings is 1. The third kappa shape index (κ3) is 1.96. The number of aromatic amines is 1. The van der Waals surface area contributed by atoms with Crippen molar-refractivity contribution in [3.05, 3.63) is 45.2 Å². The summed E-state index contributed by atoms with van der Waals surface area (Å²) in [6, 6.07) is 5.69. The number of carbonyl (C=O) groups excluding carboxylic acids is 1. The van der Waals surface area contributed by atoms with Crippen LogP contribution < -0.4 is 5.43 Å².